The molecular formula is C27H25N5O4. The molecule has 1 atom stereocenters. The van der Waals surface area contributed by atoms with Gasteiger partial charge in [-0.3, -0.25) is 4.79 Å². The third kappa shape index (κ3) is 4.22. The van der Waals surface area contributed by atoms with Crippen LogP contribution >= 0.6 is 0 Å². The van der Waals surface area contributed by atoms with E-state index in [0.29, 0.717) is 40.2 Å². The number of nitrogens with one attached hydrogen (secondary N) is 2. The molecule has 1 aliphatic rings. The summed E-state index contributed by atoms with van der Waals surface area (Å²) >= 11 is 0. The number of phenols is 1. The maximum absolute atomic E-state index is 13.5. The van der Waals surface area contributed by atoms with Crippen molar-refractivity contribution < 1.29 is 19.4 Å². The lowest BCUT2D eigenvalue weighted by molar-refractivity contribution is -0.113. The molecule has 3 aromatic carbocycles. The van der Waals surface area contributed by atoms with Crippen LogP contribution in [0.25, 0.3) is 11.4 Å². The highest BCUT2D eigenvalue weighted by Gasteiger charge is 2.34. The minimum atomic E-state index is -0.577. The summed E-state index contributed by atoms with van der Waals surface area (Å²) in [6.45, 7) is 1.83. The Hall–Kier alpha value is -4.79. The van der Waals surface area contributed by atoms with E-state index in [4.69, 9.17) is 19.6 Å². The van der Waals surface area contributed by atoms with E-state index in [0.717, 1.165) is 11.1 Å². The third-order valence-electron chi connectivity index (χ3n) is 5.98. The molecule has 5 rings (SSSR count). The Morgan fingerprint density at radius 1 is 1.00 bits per heavy atom. The van der Waals surface area contributed by atoms with E-state index < -0.39 is 6.04 Å². The minimum absolute atomic E-state index is 0.133. The fourth-order valence-electron chi connectivity index (χ4n) is 4.23. The standard InChI is InChI=1S/C27H25N5O4/c1-16-23(26(34)29-19-7-5-4-6-8-19)24(17-9-12-20(33)13-10-17)32-27(28-16)30-25(31-32)18-11-14-21(35-2)22(15-18)36-3/h4-15,24,33H,1-3H3,(H,29,34)(H,28,30,31). The van der Waals surface area contributed by atoms with Crippen LogP contribution in [0.5, 0.6) is 17.2 Å². The van der Waals surface area contributed by atoms with Crippen LogP contribution in [0.15, 0.2) is 84.1 Å². The second-order valence-corrected chi connectivity index (χ2v) is 8.25. The number of ether oxygens (including phenoxy) is 2. The summed E-state index contributed by atoms with van der Waals surface area (Å²) in [6, 6.07) is 20.9. The molecule has 4 aromatic rings. The van der Waals surface area contributed by atoms with Gasteiger partial charge in [0.05, 0.1) is 19.8 Å². The van der Waals surface area contributed by atoms with Gasteiger partial charge < -0.3 is 25.2 Å². The lowest BCUT2D eigenvalue weighted by Gasteiger charge is -2.28. The minimum Gasteiger partial charge on any atom is -0.508 e. The van der Waals surface area contributed by atoms with Crippen molar-refractivity contribution >= 4 is 17.5 Å². The van der Waals surface area contributed by atoms with Crippen LogP contribution in [-0.4, -0.2) is 40.0 Å². The largest absolute Gasteiger partial charge is 0.508 e. The maximum atomic E-state index is 13.5. The van der Waals surface area contributed by atoms with Crippen molar-refractivity contribution in [2.75, 3.05) is 24.9 Å². The molecule has 9 nitrogen and oxygen atoms in total. The zero-order valence-electron chi connectivity index (χ0n) is 20.0. The number of allylic oxidation sites excluding steroid dienone is 1. The second-order valence-electron chi connectivity index (χ2n) is 8.25. The Morgan fingerprint density at radius 3 is 2.42 bits per heavy atom. The summed E-state index contributed by atoms with van der Waals surface area (Å²) in [4.78, 5) is 18.2. The number of benzene rings is 3. The smallest absolute Gasteiger partial charge is 0.255 e. The van der Waals surface area contributed by atoms with Crippen molar-refractivity contribution in [1.29, 1.82) is 0 Å². The molecule has 3 N–H and O–H groups in total. The van der Waals surface area contributed by atoms with E-state index in [1.807, 2.05) is 43.3 Å². The molecule has 1 amide bonds. The first-order valence-corrected chi connectivity index (χ1v) is 11.3. The van der Waals surface area contributed by atoms with E-state index in [9.17, 15) is 9.90 Å². The average Bonchev–Trinajstić information content (AvgIpc) is 3.32. The molecule has 36 heavy (non-hydrogen) atoms. The quantitative estimate of drug-likeness (QED) is 0.368. The summed E-state index contributed by atoms with van der Waals surface area (Å²) in [5.41, 5.74) is 3.33. The summed E-state index contributed by atoms with van der Waals surface area (Å²) in [5, 5.41) is 20.8. The van der Waals surface area contributed by atoms with Gasteiger partial charge in [-0.1, -0.05) is 30.3 Å². The van der Waals surface area contributed by atoms with Crippen LogP contribution in [-0.2, 0) is 4.79 Å². The van der Waals surface area contributed by atoms with Gasteiger partial charge in [0.25, 0.3) is 5.91 Å². The molecule has 0 aliphatic carbocycles. The number of carbonyl (C=O) groups is 1. The fraction of sp³-hybridized carbons (Fsp3) is 0.148. The first kappa shape index (κ1) is 23.0. The van der Waals surface area contributed by atoms with Crippen LogP contribution in [0.1, 0.15) is 18.5 Å². The van der Waals surface area contributed by atoms with Gasteiger partial charge in [-0.25, -0.2) is 4.68 Å². The molecule has 1 unspecified atom stereocenters. The first-order chi connectivity index (χ1) is 17.5. The molecule has 0 radical (unpaired) electrons. The molecule has 0 bridgehead atoms. The lowest BCUT2D eigenvalue weighted by Crippen LogP contribution is -2.31. The average molecular weight is 484 g/mol. The number of methoxy groups -OCH3 is 2. The van der Waals surface area contributed by atoms with Crippen molar-refractivity contribution in [1.82, 2.24) is 14.8 Å². The van der Waals surface area contributed by atoms with Crippen LogP contribution in [0, 0.1) is 0 Å². The van der Waals surface area contributed by atoms with Crippen molar-refractivity contribution in [2.45, 2.75) is 13.0 Å². The summed E-state index contributed by atoms with van der Waals surface area (Å²) < 4.78 is 12.5. The molecule has 2 heterocycles. The Balaban J connectivity index is 1.59. The van der Waals surface area contributed by atoms with Gasteiger partial charge in [0.15, 0.2) is 17.3 Å². The number of hydrogen-bond acceptors (Lipinski definition) is 7. The number of para-hydroxylation sites is 1. The molecule has 1 aliphatic heterocycles. The summed E-state index contributed by atoms with van der Waals surface area (Å²) in [7, 11) is 3.15. The number of carbonyl (C=O) groups excluding carboxylic acids is 1. The number of aromatic nitrogens is 3. The number of amides is 1. The predicted octanol–water partition coefficient (Wildman–Crippen LogP) is 4.60. The number of nitrogens with zero attached hydrogens (tertiary/aromatic N) is 3. The highest BCUT2D eigenvalue weighted by molar-refractivity contribution is 6.06. The number of fused-ring (bicyclic) bond motifs is 1. The zero-order chi connectivity index (χ0) is 25.2. The van der Waals surface area contributed by atoms with E-state index >= 15 is 0 Å². The first-order valence-electron chi connectivity index (χ1n) is 11.3. The van der Waals surface area contributed by atoms with Crippen molar-refractivity contribution in [3.8, 4) is 28.6 Å². The number of rotatable bonds is 6. The van der Waals surface area contributed by atoms with Gasteiger partial charge in [0.2, 0.25) is 5.95 Å². The molecule has 0 saturated heterocycles. The number of anilines is 2. The summed E-state index contributed by atoms with van der Waals surface area (Å²) in [5.74, 6) is 1.98. The molecule has 9 heteroatoms. The Bertz CT molecular complexity index is 1450. The van der Waals surface area contributed by atoms with E-state index in [1.54, 1.807) is 55.3 Å². The molecule has 1 aromatic heterocycles. The van der Waals surface area contributed by atoms with Gasteiger partial charge in [-0.2, -0.15) is 4.98 Å². The van der Waals surface area contributed by atoms with E-state index in [-0.39, 0.29) is 11.7 Å². The van der Waals surface area contributed by atoms with E-state index in [1.165, 1.54) is 0 Å². The lowest BCUT2D eigenvalue weighted by atomic mass is 9.95. The molecule has 0 fully saturated rings. The van der Waals surface area contributed by atoms with Crippen LogP contribution in [0.2, 0.25) is 0 Å². The Labute approximate surface area is 208 Å². The van der Waals surface area contributed by atoms with Crippen LogP contribution < -0.4 is 20.1 Å². The number of aromatic hydroxyl groups is 1. The monoisotopic (exact) mass is 483 g/mol. The molecule has 0 spiro atoms. The fourth-order valence-corrected chi connectivity index (χ4v) is 4.23. The number of phenolic OH excluding ortho intramolecular Hbond substituents is 1. The SMILES string of the molecule is COc1ccc(-c2nc3n(n2)C(c2ccc(O)cc2)C(C(=O)Nc2ccccc2)=C(C)N3)cc1OC. The van der Waals surface area contributed by atoms with Crippen LogP contribution in [0.3, 0.4) is 0 Å². The molecule has 182 valence electrons. The van der Waals surface area contributed by atoms with Gasteiger partial charge >= 0.3 is 0 Å². The molecular weight excluding hydrogens is 458 g/mol. The second kappa shape index (κ2) is 9.46. The van der Waals surface area contributed by atoms with Gasteiger partial charge in [-0.05, 0) is 55.0 Å². The van der Waals surface area contributed by atoms with Crippen molar-refractivity contribution in [2.24, 2.45) is 0 Å². The van der Waals surface area contributed by atoms with Gasteiger partial charge in [0.1, 0.15) is 11.8 Å². The normalized spacial score (nSPS) is 14.6. The van der Waals surface area contributed by atoms with Gasteiger partial charge in [-0.15, -0.1) is 5.10 Å². The number of hydrogen-bond donors (Lipinski definition) is 3. The summed E-state index contributed by atoms with van der Waals surface area (Å²) in [6.07, 6.45) is 0. The van der Waals surface area contributed by atoms with Crippen molar-refractivity contribution in [3.05, 3.63) is 89.6 Å². The van der Waals surface area contributed by atoms with Crippen LogP contribution in [0.4, 0.5) is 11.6 Å². The third-order valence-corrected chi connectivity index (χ3v) is 5.98. The Morgan fingerprint density at radius 2 is 1.72 bits per heavy atom. The highest BCUT2D eigenvalue weighted by atomic mass is 16.5. The van der Waals surface area contributed by atoms with Crippen molar-refractivity contribution in [3.63, 3.8) is 0 Å². The predicted molar refractivity (Wildman–Crippen MR) is 136 cm³/mol. The van der Waals surface area contributed by atoms with E-state index in [2.05, 4.69) is 10.6 Å². The zero-order valence-corrected chi connectivity index (χ0v) is 20.0. The van der Waals surface area contributed by atoms with Gasteiger partial charge in [0, 0.05) is 16.9 Å². The topological polar surface area (TPSA) is 111 Å². The molecule has 0 saturated carbocycles. The maximum Gasteiger partial charge on any atom is 0.255 e. The Kier molecular flexibility index (Phi) is 6.03. The highest BCUT2D eigenvalue weighted by Crippen LogP contribution is 2.38.